The summed E-state index contributed by atoms with van der Waals surface area (Å²) in [4.78, 5) is 17.7. The molecule has 0 atom stereocenters. The predicted octanol–water partition coefficient (Wildman–Crippen LogP) is 2.75. The smallest absolute Gasteiger partial charge is 0.336 e. The van der Waals surface area contributed by atoms with E-state index in [9.17, 15) is 9.90 Å². The number of rotatable bonds is 2. The minimum absolute atomic E-state index is 0.0811. The van der Waals surface area contributed by atoms with Crippen molar-refractivity contribution in [2.45, 2.75) is 13.8 Å². The number of hydrogen-bond acceptors (Lipinski definition) is 4. The minimum atomic E-state index is -0.935. The molecular formula is C16H18N2O3. The van der Waals surface area contributed by atoms with Crippen LogP contribution in [0, 0.1) is 5.41 Å². The summed E-state index contributed by atoms with van der Waals surface area (Å²) in [5.41, 5.74) is 2.01. The average molecular weight is 286 g/mol. The predicted molar refractivity (Wildman–Crippen MR) is 80.6 cm³/mol. The lowest BCUT2D eigenvalue weighted by atomic mass is 9.93. The van der Waals surface area contributed by atoms with E-state index in [2.05, 4.69) is 23.7 Å². The van der Waals surface area contributed by atoms with Crippen molar-refractivity contribution >= 4 is 22.6 Å². The van der Waals surface area contributed by atoms with E-state index in [1.165, 1.54) is 12.3 Å². The molecule has 0 spiro atoms. The Morgan fingerprint density at radius 2 is 2.19 bits per heavy atom. The van der Waals surface area contributed by atoms with Gasteiger partial charge in [0.15, 0.2) is 0 Å². The van der Waals surface area contributed by atoms with Crippen molar-refractivity contribution in [3.8, 4) is 0 Å². The molecule has 0 amide bonds. The van der Waals surface area contributed by atoms with Crippen LogP contribution in [0.3, 0.4) is 0 Å². The number of pyridine rings is 1. The van der Waals surface area contributed by atoms with E-state index >= 15 is 0 Å². The number of nitrogens with zero attached hydrogens (tertiary/aromatic N) is 2. The summed E-state index contributed by atoms with van der Waals surface area (Å²) in [5, 5.41) is 9.96. The molecule has 0 aliphatic carbocycles. The van der Waals surface area contributed by atoms with Crippen LogP contribution in [-0.2, 0) is 4.74 Å². The number of carbonyl (C=O) groups is 1. The Morgan fingerprint density at radius 3 is 2.90 bits per heavy atom. The Bertz CT molecular complexity index is 697. The molecule has 2 aromatic rings. The highest BCUT2D eigenvalue weighted by Crippen LogP contribution is 2.29. The van der Waals surface area contributed by atoms with Crippen LogP contribution >= 0.6 is 0 Å². The van der Waals surface area contributed by atoms with Gasteiger partial charge in [-0.15, -0.1) is 0 Å². The first-order valence-corrected chi connectivity index (χ1v) is 6.91. The number of carboxylic acid groups (broad SMARTS) is 1. The van der Waals surface area contributed by atoms with Gasteiger partial charge in [0.1, 0.15) is 6.73 Å². The maximum atomic E-state index is 11.3. The molecule has 1 aromatic heterocycles. The molecule has 21 heavy (non-hydrogen) atoms. The summed E-state index contributed by atoms with van der Waals surface area (Å²) < 4.78 is 5.64. The molecule has 1 aromatic carbocycles. The van der Waals surface area contributed by atoms with Gasteiger partial charge in [-0.2, -0.15) is 0 Å². The van der Waals surface area contributed by atoms with E-state index in [0.29, 0.717) is 17.6 Å². The molecule has 1 aliphatic rings. The SMILES string of the molecule is CC1(C)COCN(c2ccc3nccc(C(=O)O)c3c2)C1. The van der Waals surface area contributed by atoms with Crippen LogP contribution in [-0.4, -0.2) is 35.9 Å². The summed E-state index contributed by atoms with van der Waals surface area (Å²) in [6, 6.07) is 7.24. The molecule has 2 heterocycles. The number of aromatic nitrogens is 1. The van der Waals surface area contributed by atoms with Gasteiger partial charge in [0.25, 0.3) is 0 Å². The molecule has 1 saturated heterocycles. The number of fused-ring (bicyclic) bond motifs is 1. The molecular weight excluding hydrogens is 268 g/mol. The molecule has 110 valence electrons. The van der Waals surface area contributed by atoms with Crippen LogP contribution in [0.1, 0.15) is 24.2 Å². The first-order chi connectivity index (χ1) is 9.96. The molecule has 0 saturated carbocycles. The first-order valence-electron chi connectivity index (χ1n) is 6.91. The highest BCUT2D eigenvalue weighted by Gasteiger charge is 2.27. The van der Waals surface area contributed by atoms with Crippen molar-refractivity contribution in [1.29, 1.82) is 0 Å². The zero-order valence-electron chi connectivity index (χ0n) is 12.2. The molecule has 1 N–H and O–H groups in total. The first kappa shape index (κ1) is 13.8. The second kappa shape index (κ2) is 5.00. The Balaban J connectivity index is 2.04. The summed E-state index contributed by atoms with van der Waals surface area (Å²) >= 11 is 0. The monoisotopic (exact) mass is 286 g/mol. The third-order valence-electron chi connectivity index (χ3n) is 3.68. The van der Waals surface area contributed by atoms with Crippen LogP contribution < -0.4 is 4.90 Å². The second-order valence-corrected chi connectivity index (χ2v) is 6.20. The standard InChI is InChI=1S/C16H18N2O3/c1-16(2)8-18(10-21-9-16)11-3-4-14-13(7-11)12(15(19)20)5-6-17-14/h3-7H,8-10H2,1-2H3,(H,19,20). The van der Waals surface area contributed by atoms with Gasteiger partial charge in [-0.25, -0.2) is 4.79 Å². The fourth-order valence-corrected chi connectivity index (χ4v) is 2.72. The number of carboxylic acids is 1. The zero-order valence-corrected chi connectivity index (χ0v) is 12.2. The van der Waals surface area contributed by atoms with Crippen molar-refractivity contribution in [2.24, 2.45) is 5.41 Å². The highest BCUT2D eigenvalue weighted by molar-refractivity contribution is 6.03. The number of anilines is 1. The number of ether oxygens (including phenoxy) is 1. The third-order valence-corrected chi connectivity index (χ3v) is 3.68. The van der Waals surface area contributed by atoms with Gasteiger partial charge >= 0.3 is 5.97 Å². The normalized spacial score (nSPS) is 17.9. The molecule has 0 bridgehead atoms. The van der Waals surface area contributed by atoms with Gasteiger partial charge in [-0.1, -0.05) is 13.8 Å². The molecule has 5 heteroatoms. The molecule has 3 rings (SSSR count). The van der Waals surface area contributed by atoms with Gasteiger partial charge < -0.3 is 14.7 Å². The average Bonchev–Trinajstić information content (AvgIpc) is 2.44. The van der Waals surface area contributed by atoms with Crippen LogP contribution in [0.4, 0.5) is 5.69 Å². The number of aromatic carboxylic acids is 1. The van der Waals surface area contributed by atoms with Crippen LogP contribution in [0.15, 0.2) is 30.5 Å². The Morgan fingerprint density at radius 1 is 1.38 bits per heavy atom. The van der Waals surface area contributed by atoms with Gasteiger partial charge in [0, 0.05) is 29.2 Å². The van der Waals surface area contributed by atoms with Gasteiger partial charge in [-0.05, 0) is 24.3 Å². The Kier molecular flexibility index (Phi) is 3.29. The Hall–Kier alpha value is -2.14. The largest absolute Gasteiger partial charge is 0.478 e. The van der Waals surface area contributed by atoms with Crippen LogP contribution in [0.25, 0.3) is 10.9 Å². The molecule has 1 aliphatic heterocycles. The lowest BCUT2D eigenvalue weighted by Gasteiger charge is -2.39. The number of benzene rings is 1. The zero-order chi connectivity index (χ0) is 15.0. The Labute approximate surface area is 123 Å². The van der Waals surface area contributed by atoms with Gasteiger partial charge in [0.05, 0.1) is 17.7 Å². The van der Waals surface area contributed by atoms with E-state index in [-0.39, 0.29) is 11.0 Å². The summed E-state index contributed by atoms with van der Waals surface area (Å²) in [6.07, 6.45) is 1.53. The molecule has 0 unspecified atom stereocenters. The van der Waals surface area contributed by atoms with Crippen molar-refractivity contribution in [1.82, 2.24) is 4.98 Å². The quantitative estimate of drug-likeness (QED) is 0.919. The third kappa shape index (κ3) is 2.69. The van der Waals surface area contributed by atoms with Crippen molar-refractivity contribution in [3.63, 3.8) is 0 Å². The second-order valence-electron chi connectivity index (χ2n) is 6.20. The maximum absolute atomic E-state index is 11.3. The number of hydrogen-bond donors (Lipinski definition) is 1. The molecule has 1 fully saturated rings. The fourth-order valence-electron chi connectivity index (χ4n) is 2.72. The molecule has 0 radical (unpaired) electrons. The lowest BCUT2D eigenvalue weighted by molar-refractivity contribution is 0.0283. The van der Waals surface area contributed by atoms with Crippen LogP contribution in [0.2, 0.25) is 0 Å². The van der Waals surface area contributed by atoms with E-state index < -0.39 is 5.97 Å². The summed E-state index contributed by atoms with van der Waals surface area (Å²) in [5.74, 6) is -0.935. The fraction of sp³-hybridized carbons (Fsp3) is 0.375. The van der Waals surface area contributed by atoms with E-state index in [1.807, 2.05) is 18.2 Å². The van der Waals surface area contributed by atoms with E-state index in [1.54, 1.807) is 0 Å². The van der Waals surface area contributed by atoms with Crippen molar-refractivity contribution in [3.05, 3.63) is 36.0 Å². The van der Waals surface area contributed by atoms with E-state index in [0.717, 1.165) is 18.8 Å². The molecule has 5 nitrogen and oxygen atoms in total. The van der Waals surface area contributed by atoms with Crippen molar-refractivity contribution in [2.75, 3.05) is 24.8 Å². The topological polar surface area (TPSA) is 62.7 Å². The van der Waals surface area contributed by atoms with Crippen molar-refractivity contribution < 1.29 is 14.6 Å². The summed E-state index contributed by atoms with van der Waals surface area (Å²) in [6.45, 7) is 6.45. The highest BCUT2D eigenvalue weighted by atomic mass is 16.5. The van der Waals surface area contributed by atoms with Gasteiger partial charge in [-0.3, -0.25) is 4.98 Å². The minimum Gasteiger partial charge on any atom is -0.478 e. The van der Waals surface area contributed by atoms with Gasteiger partial charge in [0.2, 0.25) is 0 Å². The maximum Gasteiger partial charge on any atom is 0.336 e. The van der Waals surface area contributed by atoms with Crippen LogP contribution in [0.5, 0.6) is 0 Å². The lowest BCUT2D eigenvalue weighted by Crippen LogP contribution is -2.44. The summed E-state index contributed by atoms with van der Waals surface area (Å²) in [7, 11) is 0. The van der Waals surface area contributed by atoms with E-state index in [4.69, 9.17) is 4.74 Å².